The van der Waals surface area contributed by atoms with Gasteiger partial charge in [-0.3, -0.25) is 4.98 Å². The lowest BCUT2D eigenvalue weighted by atomic mass is 9.77. The monoisotopic (exact) mass is 354 g/mol. The van der Waals surface area contributed by atoms with Crippen LogP contribution in [-0.4, -0.2) is 30.3 Å². The minimum absolute atomic E-state index is 0.0256. The zero-order chi connectivity index (χ0) is 15.1. The molecule has 0 bridgehead atoms. The second kappa shape index (κ2) is 8.25. The number of nitrogens with zero attached hydrogens (tertiary/aromatic N) is 1. The van der Waals surface area contributed by atoms with E-state index in [1.807, 2.05) is 13.3 Å². The van der Waals surface area contributed by atoms with Gasteiger partial charge in [-0.05, 0) is 53.9 Å². The highest BCUT2D eigenvalue weighted by Crippen LogP contribution is 2.35. The Morgan fingerprint density at radius 1 is 1.33 bits per heavy atom. The summed E-state index contributed by atoms with van der Waals surface area (Å²) < 4.78 is 7.07. The standard InChI is InChI=1S/C17H27BrN2O/c1-3-11-19-16(12-15-8-7-14(18)13-20-15)17(21-2)9-5-4-6-10-17/h7-8,13,16,19H,3-6,9-12H2,1-2H3. The van der Waals surface area contributed by atoms with E-state index in [0.29, 0.717) is 6.04 Å². The van der Waals surface area contributed by atoms with E-state index in [-0.39, 0.29) is 5.60 Å². The zero-order valence-corrected chi connectivity index (χ0v) is 14.8. The van der Waals surface area contributed by atoms with Crippen LogP contribution in [0, 0.1) is 0 Å². The molecule has 0 saturated heterocycles. The van der Waals surface area contributed by atoms with Gasteiger partial charge in [0.15, 0.2) is 0 Å². The molecule has 4 heteroatoms. The van der Waals surface area contributed by atoms with Crippen molar-refractivity contribution in [2.45, 2.75) is 63.5 Å². The van der Waals surface area contributed by atoms with E-state index in [1.54, 1.807) is 0 Å². The fraction of sp³-hybridized carbons (Fsp3) is 0.706. The molecule has 0 aromatic carbocycles. The van der Waals surface area contributed by atoms with E-state index in [1.165, 1.54) is 19.3 Å². The lowest BCUT2D eigenvalue weighted by molar-refractivity contribution is -0.0674. The predicted molar refractivity (Wildman–Crippen MR) is 90.5 cm³/mol. The van der Waals surface area contributed by atoms with E-state index in [2.05, 4.69) is 45.3 Å². The molecule has 1 aromatic rings. The predicted octanol–water partition coefficient (Wildman–Crippen LogP) is 4.10. The average Bonchev–Trinajstić information content (AvgIpc) is 2.54. The molecule has 1 heterocycles. The first kappa shape index (κ1) is 16.9. The molecule has 0 spiro atoms. The molecular formula is C17H27BrN2O. The average molecular weight is 355 g/mol. The van der Waals surface area contributed by atoms with Crippen LogP contribution in [-0.2, 0) is 11.2 Å². The summed E-state index contributed by atoms with van der Waals surface area (Å²) in [7, 11) is 1.88. The summed E-state index contributed by atoms with van der Waals surface area (Å²) in [5.41, 5.74) is 1.11. The summed E-state index contributed by atoms with van der Waals surface area (Å²) in [6, 6.07) is 4.52. The van der Waals surface area contributed by atoms with Gasteiger partial charge in [-0.15, -0.1) is 0 Å². The molecule has 1 aliphatic rings. The van der Waals surface area contributed by atoms with Gasteiger partial charge in [0, 0.05) is 35.9 Å². The molecular weight excluding hydrogens is 328 g/mol. The third kappa shape index (κ3) is 4.51. The molecule has 1 N–H and O–H groups in total. The number of rotatable bonds is 7. The van der Waals surface area contributed by atoms with Crippen LogP contribution < -0.4 is 5.32 Å². The molecule has 1 aromatic heterocycles. The van der Waals surface area contributed by atoms with E-state index < -0.39 is 0 Å². The van der Waals surface area contributed by atoms with Gasteiger partial charge in [-0.25, -0.2) is 0 Å². The van der Waals surface area contributed by atoms with Crippen LogP contribution >= 0.6 is 15.9 Å². The lowest BCUT2D eigenvalue weighted by Crippen LogP contribution is -2.54. The Labute approximate surface area is 137 Å². The van der Waals surface area contributed by atoms with Gasteiger partial charge in [-0.2, -0.15) is 0 Å². The lowest BCUT2D eigenvalue weighted by Gasteiger charge is -2.43. The van der Waals surface area contributed by atoms with Crippen LogP contribution in [0.15, 0.2) is 22.8 Å². The summed E-state index contributed by atoms with van der Waals surface area (Å²) in [5, 5.41) is 3.72. The number of nitrogens with one attached hydrogen (secondary N) is 1. The Bertz CT molecular complexity index is 415. The van der Waals surface area contributed by atoms with Crippen molar-refractivity contribution < 1.29 is 4.74 Å². The zero-order valence-electron chi connectivity index (χ0n) is 13.2. The largest absolute Gasteiger partial charge is 0.377 e. The third-order valence-corrected chi connectivity index (χ3v) is 5.05. The molecule has 1 fully saturated rings. The molecule has 1 aliphatic carbocycles. The van der Waals surface area contributed by atoms with Crippen molar-refractivity contribution in [1.29, 1.82) is 0 Å². The molecule has 1 saturated carbocycles. The number of aromatic nitrogens is 1. The Balaban J connectivity index is 2.13. The number of halogens is 1. The molecule has 3 nitrogen and oxygen atoms in total. The van der Waals surface area contributed by atoms with Gasteiger partial charge in [0.1, 0.15) is 0 Å². The highest BCUT2D eigenvalue weighted by atomic mass is 79.9. The number of hydrogen-bond acceptors (Lipinski definition) is 3. The van der Waals surface area contributed by atoms with Gasteiger partial charge >= 0.3 is 0 Å². The fourth-order valence-electron chi connectivity index (χ4n) is 3.34. The number of pyridine rings is 1. The highest BCUT2D eigenvalue weighted by molar-refractivity contribution is 9.10. The molecule has 1 unspecified atom stereocenters. The van der Waals surface area contributed by atoms with E-state index in [9.17, 15) is 0 Å². The van der Waals surface area contributed by atoms with Gasteiger partial charge in [0.25, 0.3) is 0 Å². The molecule has 2 rings (SSSR count). The second-order valence-corrected chi connectivity index (χ2v) is 6.92. The summed E-state index contributed by atoms with van der Waals surface area (Å²) >= 11 is 3.45. The van der Waals surface area contributed by atoms with Crippen LogP contribution in [0.5, 0.6) is 0 Å². The molecule has 0 radical (unpaired) electrons. The first-order valence-corrected chi connectivity index (χ1v) is 8.88. The topological polar surface area (TPSA) is 34.2 Å². The van der Waals surface area contributed by atoms with Gasteiger partial charge < -0.3 is 10.1 Å². The second-order valence-electron chi connectivity index (χ2n) is 6.01. The summed E-state index contributed by atoms with van der Waals surface area (Å²) in [5.74, 6) is 0. The Morgan fingerprint density at radius 2 is 2.10 bits per heavy atom. The van der Waals surface area contributed by atoms with E-state index in [0.717, 1.165) is 42.4 Å². The first-order valence-electron chi connectivity index (χ1n) is 8.09. The molecule has 0 amide bonds. The first-order chi connectivity index (χ1) is 10.2. The maximum atomic E-state index is 6.03. The molecule has 21 heavy (non-hydrogen) atoms. The number of ether oxygens (including phenoxy) is 1. The minimum Gasteiger partial charge on any atom is -0.377 e. The van der Waals surface area contributed by atoms with Crippen LogP contribution in [0.1, 0.15) is 51.1 Å². The Kier molecular flexibility index (Phi) is 6.65. The van der Waals surface area contributed by atoms with Crippen LogP contribution in [0.2, 0.25) is 0 Å². The van der Waals surface area contributed by atoms with Crippen molar-refractivity contribution >= 4 is 15.9 Å². The maximum Gasteiger partial charge on any atom is 0.0834 e. The fourth-order valence-corrected chi connectivity index (χ4v) is 3.58. The van der Waals surface area contributed by atoms with E-state index in [4.69, 9.17) is 4.74 Å². The quantitative estimate of drug-likeness (QED) is 0.800. The minimum atomic E-state index is -0.0256. The van der Waals surface area contributed by atoms with Crippen molar-refractivity contribution in [2.24, 2.45) is 0 Å². The van der Waals surface area contributed by atoms with Gasteiger partial charge in [0.2, 0.25) is 0 Å². The maximum absolute atomic E-state index is 6.03. The Morgan fingerprint density at radius 3 is 2.67 bits per heavy atom. The Hall–Kier alpha value is -0.450. The van der Waals surface area contributed by atoms with Crippen molar-refractivity contribution in [1.82, 2.24) is 10.3 Å². The molecule has 1 atom stereocenters. The van der Waals surface area contributed by atoms with Gasteiger partial charge in [0.05, 0.1) is 5.60 Å². The normalized spacial score (nSPS) is 19.4. The van der Waals surface area contributed by atoms with Crippen molar-refractivity contribution in [3.05, 3.63) is 28.5 Å². The smallest absolute Gasteiger partial charge is 0.0834 e. The highest BCUT2D eigenvalue weighted by Gasteiger charge is 2.39. The number of hydrogen-bond donors (Lipinski definition) is 1. The van der Waals surface area contributed by atoms with Crippen LogP contribution in [0.3, 0.4) is 0 Å². The SMILES string of the molecule is CCCNC(Cc1ccc(Br)cn1)C1(OC)CCCCC1. The summed E-state index contributed by atoms with van der Waals surface area (Å²) in [6.07, 6.45) is 10.1. The van der Waals surface area contributed by atoms with Crippen molar-refractivity contribution in [3.63, 3.8) is 0 Å². The molecule has 0 aliphatic heterocycles. The summed E-state index contributed by atoms with van der Waals surface area (Å²) in [4.78, 5) is 4.54. The summed E-state index contributed by atoms with van der Waals surface area (Å²) in [6.45, 7) is 3.24. The van der Waals surface area contributed by atoms with Crippen molar-refractivity contribution in [2.75, 3.05) is 13.7 Å². The molecule has 118 valence electrons. The van der Waals surface area contributed by atoms with Crippen LogP contribution in [0.4, 0.5) is 0 Å². The van der Waals surface area contributed by atoms with E-state index >= 15 is 0 Å². The van der Waals surface area contributed by atoms with Crippen molar-refractivity contribution in [3.8, 4) is 0 Å². The number of methoxy groups -OCH3 is 1. The third-order valence-electron chi connectivity index (χ3n) is 4.58. The van der Waals surface area contributed by atoms with Gasteiger partial charge in [-0.1, -0.05) is 26.2 Å². The van der Waals surface area contributed by atoms with Crippen LogP contribution in [0.25, 0.3) is 0 Å².